The number of carbonyl (C=O) groups is 1. The molecular weight excluding hydrogens is 317 g/mol. The Morgan fingerprint density at radius 1 is 1.32 bits per heavy atom. The SMILES string of the molecule is Cc1cccc(C)c1NC1=NCCCS1.O=C(O)C(F)(F)F. The fourth-order valence-corrected chi connectivity index (χ4v) is 2.48. The molecule has 0 spiro atoms. The molecule has 2 rings (SSSR count). The van der Waals surface area contributed by atoms with Crippen LogP contribution < -0.4 is 5.32 Å². The van der Waals surface area contributed by atoms with Crippen molar-refractivity contribution in [2.45, 2.75) is 26.4 Å². The smallest absolute Gasteiger partial charge is 0.475 e. The molecular formula is C14H17F3N2O2S. The fourth-order valence-electron chi connectivity index (χ4n) is 1.65. The summed E-state index contributed by atoms with van der Waals surface area (Å²) in [5, 5.41) is 11.6. The van der Waals surface area contributed by atoms with E-state index < -0.39 is 12.1 Å². The zero-order valence-corrected chi connectivity index (χ0v) is 13.0. The number of halogens is 3. The van der Waals surface area contributed by atoms with Crippen LogP contribution in [0.3, 0.4) is 0 Å². The van der Waals surface area contributed by atoms with E-state index in [0.717, 1.165) is 11.7 Å². The van der Waals surface area contributed by atoms with E-state index in [0.29, 0.717) is 0 Å². The number of alkyl halides is 3. The molecule has 1 aliphatic rings. The Hall–Kier alpha value is -1.70. The average molecular weight is 334 g/mol. The van der Waals surface area contributed by atoms with Gasteiger partial charge < -0.3 is 10.4 Å². The highest BCUT2D eigenvalue weighted by Gasteiger charge is 2.38. The zero-order valence-electron chi connectivity index (χ0n) is 12.2. The maximum atomic E-state index is 10.6. The molecule has 4 nitrogen and oxygen atoms in total. The number of aliphatic imine (C=N–C) groups is 1. The summed E-state index contributed by atoms with van der Waals surface area (Å²) in [6.45, 7) is 5.22. The first-order valence-corrected chi connectivity index (χ1v) is 7.51. The predicted octanol–water partition coefficient (Wildman–Crippen LogP) is 3.84. The molecule has 0 atom stereocenters. The van der Waals surface area contributed by atoms with Gasteiger partial charge in [0, 0.05) is 18.0 Å². The minimum absolute atomic E-state index is 0.959. The minimum Gasteiger partial charge on any atom is -0.475 e. The van der Waals surface area contributed by atoms with Crippen LogP contribution in [0.1, 0.15) is 17.5 Å². The number of anilines is 1. The number of carboxylic acids is 1. The number of rotatable bonds is 1. The van der Waals surface area contributed by atoms with Gasteiger partial charge in [-0.3, -0.25) is 4.99 Å². The molecule has 0 amide bonds. The van der Waals surface area contributed by atoms with E-state index in [1.165, 1.54) is 29.0 Å². The van der Waals surface area contributed by atoms with Gasteiger partial charge in [-0.05, 0) is 31.4 Å². The molecule has 0 saturated carbocycles. The Balaban J connectivity index is 0.000000295. The molecule has 1 aromatic carbocycles. The number of carboxylic acid groups (broad SMARTS) is 1. The molecule has 0 aliphatic carbocycles. The van der Waals surface area contributed by atoms with E-state index >= 15 is 0 Å². The van der Waals surface area contributed by atoms with Crippen molar-refractivity contribution >= 4 is 28.6 Å². The third-order valence-electron chi connectivity index (χ3n) is 2.75. The Kier molecular flexibility index (Phi) is 6.73. The predicted molar refractivity (Wildman–Crippen MR) is 82.6 cm³/mol. The van der Waals surface area contributed by atoms with E-state index in [2.05, 4.69) is 42.4 Å². The maximum Gasteiger partial charge on any atom is 0.490 e. The van der Waals surface area contributed by atoms with Gasteiger partial charge in [0.1, 0.15) is 0 Å². The lowest BCUT2D eigenvalue weighted by Crippen LogP contribution is -2.21. The first kappa shape index (κ1) is 18.3. The Labute approximate surface area is 130 Å². The molecule has 1 aliphatic heterocycles. The number of hydrogen-bond acceptors (Lipinski definition) is 4. The van der Waals surface area contributed by atoms with E-state index in [4.69, 9.17) is 9.90 Å². The molecule has 22 heavy (non-hydrogen) atoms. The number of hydrogen-bond donors (Lipinski definition) is 2. The summed E-state index contributed by atoms with van der Waals surface area (Å²) >= 11 is 1.81. The highest BCUT2D eigenvalue weighted by Crippen LogP contribution is 2.22. The monoisotopic (exact) mass is 334 g/mol. The summed E-state index contributed by atoms with van der Waals surface area (Å²) in [6.07, 6.45) is -3.89. The lowest BCUT2D eigenvalue weighted by atomic mass is 10.1. The third-order valence-corrected chi connectivity index (χ3v) is 3.75. The average Bonchev–Trinajstić information content (AvgIpc) is 2.44. The van der Waals surface area contributed by atoms with Crippen molar-refractivity contribution in [3.8, 4) is 0 Å². The van der Waals surface area contributed by atoms with Gasteiger partial charge in [0.25, 0.3) is 0 Å². The molecule has 0 aromatic heterocycles. The number of thioether (sulfide) groups is 1. The van der Waals surface area contributed by atoms with Crippen molar-refractivity contribution in [3.05, 3.63) is 29.3 Å². The van der Waals surface area contributed by atoms with Crippen LogP contribution in [-0.2, 0) is 4.79 Å². The standard InChI is InChI=1S/C12H16N2S.C2HF3O2/c1-9-5-3-6-10(2)11(9)14-12-13-7-4-8-15-12;3-2(4,5)1(6)7/h3,5-6H,4,7-8H2,1-2H3,(H,13,14);(H,6,7). The third kappa shape index (κ3) is 5.97. The minimum atomic E-state index is -5.08. The van der Waals surface area contributed by atoms with Gasteiger partial charge >= 0.3 is 12.1 Å². The molecule has 1 heterocycles. The van der Waals surface area contributed by atoms with Crippen LogP contribution in [0.25, 0.3) is 0 Å². The number of aryl methyl sites for hydroxylation is 2. The van der Waals surface area contributed by atoms with Crippen LogP contribution in [0.2, 0.25) is 0 Å². The second-order valence-electron chi connectivity index (χ2n) is 4.58. The van der Waals surface area contributed by atoms with Crippen LogP contribution in [-0.4, -0.2) is 34.7 Å². The lowest BCUT2D eigenvalue weighted by Gasteiger charge is -2.16. The van der Waals surface area contributed by atoms with Crippen LogP contribution >= 0.6 is 11.8 Å². The summed E-state index contributed by atoms with van der Waals surface area (Å²) < 4.78 is 31.7. The van der Waals surface area contributed by atoms with Crippen LogP contribution in [0.15, 0.2) is 23.2 Å². The fraction of sp³-hybridized carbons (Fsp3) is 0.429. The molecule has 8 heteroatoms. The molecule has 122 valence electrons. The maximum absolute atomic E-state index is 10.6. The van der Waals surface area contributed by atoms with E-state index in [9.17, 15) is 13.2 Å². The lowest BCUT2D eigenvalue weighted by molar-refractivity contribution is -0.192. The molecule has 0 bridgehead atoms. The number of nitrogens with one attached hydrogen (secondary N) is 1. The van der Waals surface area contributed by atoms with Crippen LogP contribution in [0.4, 0.5) is 18.9 Å². The first-order chi connectivity index (χ1) is 10.2. The molecule has 0 unspecified atom stereocenters. The number of amidine groups is 1. The molecule has 2 N–H and O–H groups in total. The number of nitrogens with zero attached hydrogens (tertiary/aromatic N) is 1. The van der Waals surface area contributed by atoms with E-state index in [1.54, 1.807) is 0 Å². The van der Waals surface area contributed by atoms with E-state index in [1.807, 2.05) is 11.8 Å². The quantitative estimate of drug-likeness (QED) is 0.819. The van der Waals surface area contributed by atoms with Gasteiger partial charge in [-0.25, -0.2) is 4.79 Å². The summed E-state index contributed by atoms with van der Waals surface area (Å²) in [4.78, 5) is 13.4. The Morgan fingerprint density at radius 3 is 2.27 bits per heavy atom. The zero-order chi connectivity index (χ0) is 16.8. The summed E-state index contributed by atoms with van der Waals surface area (Å²) in [6, 6.07) is 6.35. The van der Waals surface area contributed by atoms with Gasteiger partial charge in [-0.15, -0.1) is 0 Å². The van der Waals surface area contributed by atoms with Crippen molar-refractivity contribution < 1.29 is 23.1 Å². The molecule has 0 fully saturated rings. The van der Waals surface area contributed by atoms with Gasteiger partial charge in [-0.1, -0.05) is 30.0 Å². The summed E-state index contributed by atoms with van der Waals surface area (Å²) in [5.41, 5.74) is 3.78. The summed E-state index contributed by atoms with van der Waals surface area (Å²) in [5.74, 6) is -1.58. The molecule has 0 saturated heterocycles. The summed E-state index contributed by atoms with van der Waals surface area (Å²) in [7, 11) is 0. The van der Waals surface area contributed by atoms with Gasteiger partial charge in [-0.2, -0.15) is 13.2 Å². The van der Waals surface area contributed by atoms with Crippen molar-refractivity contribution in [2.75, 3.05) is 17.6 Å². The van der Waals surface area contributed by atoms with Gasteiger partial charge in [0.2, 0.25) is 0 Å². The van der Waals surface area contributed by atoms with Crippen LogP contribution in [0, 0.1) is 13.8 Å². The topological polar surface area (TPSA) is 61.7 Å². The normalized spacial score (nSPS) is 14.5. The van der Waals surface area contributed by atoms with Crippen molar-refractivity contribution in [1.82, 2.24) is 0 Å². The van der Waals surface area contributed by atoms with Crippen molar-refractivity contribution in [1.29, 1.82) is 0 Å². The van der Waals surface area contributed by atoms with Gasteiger partial charge in [0.05, 0.1) is 0 Å². The second-order valence-corrected chi connectivity index (χ2v) is 5.67. The molecule has 0 radical (unpaired) electrons. The van der Waals surface area contributed by atoms with Crippen LogP contribution in [0.5, 0.6) is 0 Å². The largest absolute Gasteiger partial charge is 0.490 e. The van der Waals surface area contributed by atoms with Crippen molar-refractivity contribution in [3.63, 3.8) is 0 Å². The second kappa shape index (κ2) is 8.07. The molecule has 1 aromatic rings. The Bertz CT molecular complexity index is 539. The number of para-hydroxylation sites is 1. The first-order valence-electron chi connectivity index (χ1n) is 6.52. The number of benzene rings is 1. The highest BCUT2D eigenvalue weighted by atomic mass is 32.2. The van der Waals surface area contributed by atoms with Crippen molar-refractivity contribution in [2.24, 2.45) is 4.99 Å². The number of aliphatic carboxylic acids is 1. The van der Waals surface area contributed by atoms with Gasteiger partial charge in [0.15, 0.2) is 5.17 Å². The van der Waals surface area contributed by atoms with E-state index in [-0.39, 0.29) is 0 Å². The highest BCUT2D eigenvalue weighted by molar-refractivity contribution is 8.14. The Morgan fingerprint density at radius 2 is 1.86 bits per heavy atom.